The maximum Gasteiger partial charge on any atom is 0.273 e. The Morgan fingerprint density at radius 2 is 1.95 bits per heavy atom. The molecular formula is C14H12FN5O. The van der Waals surface area contributed by atoms with E-state index in [0.717, 1.165) is 5.56 Å². The summed E-state index contributed by atoms with van der Waals surface area (Å²) in [6, 6.07) is 7.61. The molecular weight excluding hydrogens is 273 g/mol. The van der Waals surface area contributed by atoms with Crippen LogP contribution in [0.5, 0.6) is 0 Å². The molecule has 106 valence electrons. The molecule has 0 atom stereocenters. The third-order valence-corrected chi connectivity index (χ3v) is 3.05. The maximum atomic E-state index is 13.1. The van der Waals surface area contributed by atoms with E-state index in [1.807, 2.05) is 0 Å². The van der Waals surface area contributed by atoms with E-state index in [1.165, 1.54) is 27.9 Å². The Morgan fingerprint density at radius 1 is 1.24 bits per heavy atom. The van der Waals surface area contributed by atoms with Gasteiger partial charge in [-0.3, -0.25) is 4.79 Å². The summed E-state index contributed by atoms with van der Waals surface area (Å²) in [6.07, 6.45) is 1.43. The van der Waals surface area contributed by atoms with Crippen molar-refractivity contribution >= 4 is 11.6 Å². The number of carbonyl (C=O) groups excluding carboxylic acids is 1. The highest BCUT2D eigenvalue weighted by atomic mass is 19.1. The lowest BCUT2D eigenvalue weighted by atomic mass is 10.1. The predicted molar refractivity (Wildman–Crippen MR) is 74.2 cm³/mol. The van der Waals surface area contributed by atoms with Crippen LogP contribution >= 0.6 is 0 Å². The first-order chi connectivity index (χ1) is 10.1. The standard InChI is InChI=1S/C14H12FN5O/c1-19(2)14(21)12-7-11(9-3-5-10(15)6-4-9)13-17-16-8-20(13)18-12/h3-8H,1-2H3. The molecule has 21 heavy (non-hydrogen) atoms. The summed E-state index contributed by atoms with van der Waals surface area (Å²) in [6.45, 7) is 0. The molecule has 6 nitrogen and oxygen atoms in total. The highest BCUT2D eigenvalue weighted by molar-refractivity contribution is 5.94. The number of nitrogens with zero attached hydrogens (tertiary/aromatic N) is 5. The number of hydrogen-bond acceptors (Lipinski definition) is 4. The zero-order valence-electron chi connectivity index (χ0n) is 11.5. The Morgan fingerprint density at radius 3 is 2.62 bits per heavy atom. The van der Waals surface area contributed by atoms with E-state index in [9.17, 15) is 9.18 Å². The van der Waals surface area contributed by atoms with Crippen LogP contribution in [0.4, 0.5) is 4.39 Å². The topological polar surface area (TPSA) is 63.4 Å². The number of carbonyl (C=O) groups is 1. The van der Waals surface area contributed by atoms with Crippen LogP contribution < -0.4 is 0 Å². The van der Waals surface area contributed by atoms with E-state index >= 15 is 0 Å². The number of amides is 1. The largest absolute Gasteiger partial charge is 0.343 e. The van der Waals surface area contributed by atoms with E-state index in [2.05, 4.69) is 15.3 Å². The van der Waals surface area contributed by atoms with E-state index in [4.69, 9.17) is 0 Å². The van der Waals surface area contributed by atoms with Gasteiger partial charge >= 0.3 is 0 Å². The van der Waals surface area contributed by atoms with Crippen LogP contribution in [0.2, 0.25) is 0 Å². The average molecular weight is 285 g/mol. The molecule has 0 aliphatic carbocycles. The van der Waals surface area contributed by atoms with Crippen molar-refractivity contribution in [1.82, 2.24) is 24.7 Å². The predicted octanol–water partition coefficient (Wildman–Crippen LogP) is 1.63. The van der Waals surface area contributed by atoms with Crippen molar-refractivity contribution in [3.05, 3.63) is 48.2 Å². The van der Waals surface area contributed by atoms with Gasteiger partial charge in [-0.15, -0.1) is 10.2 Å². The molecule has 0 saturated carbocycles. The molecule has 0 saturated heterocycles. The molecule has 0 fully saturated rings. The Bertz CT molecular complexity index is 810. The van der Waals surface area contributed by atoms with E-state index in [-0.39, 0.29) is 17.4 Å². The van der Waals surface area contributed by atoms with Gasteiger partial charge in [-0.25, -0.2) is 4.39 Å². The fourth-order valence-electron chi connectivity index (χ4n) is 2.00. The second-order valence-corrected chi connectivity index (χ2v) is 4.75. The zero-order chi connectivity index (χ0) is 15.0. The van der Waals surface area contributed by atoms with Crippen molar-refractivity contribution in [3.63, 3.8) is 0 Å². The van der Waals surface area contributed by atoms with Crippen LogP contribution in [0.1, 0.15) is 10.5 Å². The molecule has 0 aliphatic rings. The highest BCUT2D eigenvalue weighted by Crippen LogP contribution is 2.24. The summed E-state index contributed by atoms with van der Waals surface area (Å²) in [5.41, 5.74) is 2.20. The van der Waals surface area contributed by atoms with Crippen LogP contribution in [0.25, 0.3) is 16.8 Å². The fraction of sp³-hybridized carbons (Fsp3) is 0.143. The number of aromatic nitrogens is 4. The molecule has 1 aromatic carbocycles. The summed E-state index contributed by atoms with van der Waals surface area (Å²) in [7, 11) is 3.30. The fourth-order valence-corrected chi connectivity index (χ4v) is 2.00. The number of hydrogen-bond donors (Lipinski definition) is 0. The van der Waals surface area contributed by atoms with Gasteiger partial charge < -0.3 is 4.90 Å². The van der Waals surface area contributed by atoms with Crippen LogP contribution in [-0.2, 0) is 0 Å². The van der Waals surface area contributed by atoms with Crippen molar-refractivity contribution in [3.8, 4) is 11.1 Å². The molecule has 2 heterocycles. The Balaban J connectivity index is 2.22. The second-order valence-electron chi connectivity index (χ2n) is 4.75. The van der Waals surface area contributed by atoms with Gasteiger partial charge in [0.2, 0.25) is 0 Å². The van der Waals surface area contributed by atoms with Crippen LogP contribution in [0.15, 0.2) is 36.7 Å². The number of rotatable bonds is 2. The van der Waals surface area contributed by atoms with Crippen LogP contribution in [0.3, 0.4) is 0 Å². The third kappa shape index (κ3) is 2.33. The SMILES string of the molecule is CN(C)C(=O)c1cc(-c2ccc(F)cc2)c2nncn2n1. The quantitative estimate of drug-likeness (QED) is 0.718. The summed E-state index contributed by atoms with van der Waals surface area (Å²) < 4.78 is 14.5. The van der Waals surface area contributed by atoms with Gasteiger partial charge in [-0.1, -0.05) is 12.1 Å². The number of halogens is 1. The van der Waals surface area contributed by atoms with E-state index < -0.39 is 0 Å². The molecule has 0 spiro atoms. The molecule has 0 unspecified atom stereocenters. The second kappa shape index (κ2) is 4.93. The molecule has 0 bridgehead atoms. The van der Waals surface area contributed by atoms with Crippen molar-refractivity contribution in [1.29, 1.82) is 0 Å². The van der Waals surface area contributed by atoms with Gasteiger partial charge in [0.1, 0.15) is 17.8 Å². The first-order valence-corrected chi connectivity index (χ1v) is 6.25. The summed E-state index contributed by atoms with van der Waals surface area (Å²) in [4.78, 5) is 13.5. The van der Waals surface area contributed by atoms with Gasteiger partial charge in [0.05, 0.1) is 0 Å². The molecule has 1 amide bonds. The summed E-state index contributed by atoms with van der Waals surface area (Å²) >= 11 is 0. The first-order valence-electron chi connectivity index (χ1n) is 6.25. The Kier molecular flexibility index (Phi) is 3.09. The summed E-state index contributed by atoms with van der Waals surface area (Å²) in [5, 5.41) is 12.0. The molecule has 3 rings (SSSR count). The van der Waals surface area contributed by atoms with Gasteiger partial charge in [0.15, 0.2) is 5.65 Å². The van der Waals surface area contributed by atoms with Gasteiger partial charge in [0.25, 0.3) is 5.91 Å². The number of benzene rings is 1. The smallest absolute Gasteiger partial charge is 0.273 e. The van der Waals surface area contributed by atoms with Crippen molar-refractivity contribution in [2.75, 3.05) is 14.1 Å². The van der Waals surface area contributed by atoms with Crippen molar-refractivity contribution in [2.24, 2.45) is 0 Å². The molecule has 7 heteroatoms. The van der Waals surface area contributed by atoms with Gasteiger partial charge in [-0.2, -0.15) is 9.61 Å². The molecule has 0 N–H and O–H groups in total. The lowest BCUT2D eigenvalue weighted by molar-refractivity contribution is 0.0820. The molecule has 0 radical (unpaired) electrons. The van der Waals surface area contributed by atoms with Gasteiger partial charge in [-0.05, 0) is 23.8 Å². The molecule has 0 aliphatic heterocycles. The van der Waals surface area contributed by atoms with Crippen molar-refractivity contribution in [2.45, 2.75) is 0 Å². The van der Waals surface area contributed by atoms with Crippen molar-refractivity contribution < 1.29 is 9.18 Å². The Hall–Kier alpha value is -2.83. The average Bonchev–Trinajstić information content (AvgIpc) is 2.94. The highest BCUT2D eigenvalue weighted by Gasteiger charge is 2.16. The van der Waals surface area contributed by atoms with Crippen LogP contribution in [-0.4, -0.2) is 44.7 Å². The Labute approximate surface area is 119 Å². The summed E-state index contributed by atoms with van der Waals surface area (Å²) in [5.74, 6) is -0.552. The van der Waals surface area contributed by atoms with E-state index in [0.29, 0.717) is 11.2 Å². The minimum absolute atomic E-state index is 0.228. The molecule has 2 aromatic heterocycles. The minimum Gasteiger partial charge on any atom is -0.343 e. The monoisotopic (exact) mass is 285 g/mol. The maximum absolute atomic E-state index is 13.1. The third-order valence-electron chi connectivity index (χ3n) is 3.05. The number of fused-ring (bicyclic) bond motifs is 1. The first kappa shape index (κ1) is 13.2. The normalized spacial score (nSPS) is 10.8. The lowest BCUT2D eigenvalue weighted by Crippen LogP contribution is -2.23. The van der Waals surface area contributed by atoms with Gasteiger partial charge in [0, 0.05) is 19.7 Å². The zero-order valence-corrected chi connectivity index (χ0v) is 11.5. The minimum atomic E-state index is -0.324. The van der Waals surface area contributed by atoms with E-state index in [1.54, 1.807) is 32.3 Å². The van der Waals surface area contributed by atoms with Crippen LogP contribution in [0, 0.1) is 5.82 Å². The lowest BCUT2D eigenvalue weighted by Gasteiger charge is -2.11. The molecule has 3 aromatic rings.